The maximum atomic E-state index is 12.2. The molecule has 2 fully saturated rings. The van der Waals surface area contributed by atoms with Crippen LogP contribution in [0.2, 0.25) is 0 Å². The molecule has 7 nitrogen and oxygen atoms in total. The lowest BCUT2D eigenvalue weighted by Crippen LogP contribution is -2.50. The number of carbonyl (C=O) groups is 2. The molecule has 3 aliphatic heterocycles. The minimum Gasteiger partial charge on any atom is -0.387 e. The van der Waals surface area contributed by atoms with E-state index in [4.69, 9.17) is 14.2 Å². The lowest BCUT2D eigenvalue weighted by molar-refractivity contribution is -0.143. The third-order valence-electron chi connectivity index (χ3n) is 6.78. The number of Topliss-reactive ketones (excluding diaryl/α,β-unsaturated/α-hetero) is 1. The predicted molar refractivity (Wildman–Crippen MR) is 135 cm³/mol. The molecule has 3 aliphatic rings. The van der Waals surface area contributed by atoms with Gasteiger partial charge in [-0.1, -0.05) is 49.8 Å². The van der Waals surface area contributed by atoms with Gasteiger partial charge in [-0.2, -0.15) is 0 Å². The predicted octanol–water partition coefficient (Wildman–Crippen LogP) is 3.58. The first kappa shape index (κ1) is 27.5. The van der Waals surface area contributed by atoms with Gasteiger partial charge in [-0.3, -0.25) is 9.59 Å². The van der Waals surface area contributed by atoms with Crippen LogP contribution in [0.15, 0.2) is 47.6 Å². The van der Waals surface area contributed by atoms with Crippen LogP contribution in [-0.4, -0.2) is 65.6 Å². The second kappa shape index (κ2) is 11.8. The number of epoxide rings is 1. The van der Waals surface area contributed by atoms with Gasteiger partial charge in [-0.05, 0) is 51.7 Å². The van der Waals surface area contributed by atoms with Crippen LogP contribution >= 0.6 is 0 Å². The van der Waals surface area contributed by atoms with E-state index in [0.717, 1.165) is 11.1 Å². The van der Waals surface area contributed by atoms with Gasteiger partial charge in [0.25, 0.3) is 0 Å². The number of rotatable bonds is 9. The number of ether oxygens (including phenoxy) is 3. The molecule has 3 heterocycles. The van der Waals surface area contributed by atoms with Gasteiger partial charge in [0.05, 0.1) is 31.0 Å². The summed E-state index contributed by atoms with van der Waals surface area (Å²) in [5.41, 5.74) is 1.54. The maximum Gasteiger partial charge on any atom is 0.244 e. The molecule has 1 amide bonds. The average Bonchev–Trinajstić information content (AvgIpc) is 3.54. The third kappa shape index (κ3) is 7.71. The van der Waals surface area contributed by atoms with Crippen LogP contribution in [0, 0.1) is 5.92 Å². The van der Waals surface area contributed by atoms with Crippen LogP contribution in [0.4, 0.5) is 0 Å². The number of amides is 1. The molecule has 0 saturated carbocycles. The number of hydrogen-bond acceptors (Lipinski definition) is 6. The topological polar surface area (TPSA) is 97.4 Å². The van der Waals surface area contributed by atoms with Gasteiger partial charge in [0.1, 0.15) is 23.6 Å². The maximum absolute atomic E-state index is 12.2. The summed E-state index contributed by atoms with van der Waals surface area (Å²) in [6.07, 6.45) is 11.3. The van der Waals surface area contributed by atoms with Crippen molar-refractivity contribution in [2.75, 3.05) is 6.61 Å². The molecule has 7 heteroatoms. The second-order valence-corrected chi connectivity index (χ2v) is 10.6. The first-order chi connectivity index (χ1) is 16.5. The van der Waals surface area contributed by atoms with Crippen LogP contribution < -0.4 is 5.32 Å². The highest BCUT2D eigenvalue weighted by Gasteiger charge is 2.58. The smallest absolute Gasteiger partial charge is 0.244 e. The minimum absolute atomic E-state index is 0.0627. The molecule has 0 unspecified atom stereocenters. The summed E-state index contributed by atoms with van der Waals surface area (Å²) in [6, 6.07) is -0.162. The largest absolute Gasteiger partial charge is 0.387 e. The first-order valence-corrected chi connectivity index (χ1v) is 12.6. The van der Waals surface area contributed by atoms with Crippen LogP contribution in [0.25, 0.3) is 0 Å². The molecule has 3 rings (SSSR count). The second-order valence-electron chi connectivity index (χ2n) is 10.6. The molecule has 2 N–H and O–H groups in total. The zero-order valence-corrected chi connectivity index (χ0v) is 21.8. The van der Waals surface area contributed by atoms with Gasteiger partial charge < -0.3 is 24.6 Å². The molecule has 2 saturated heterocycles. The number of carbonyl (C=O) groups excluding carboxylic acids is 2. The number of nitrogens with one attached hydrogen (secondary N) is 1. The summed E-state index contributed by atoms with van der Waals surface area (Å²) in [5, 5.41) is 13.7. The van der Waals surface area contributed by atoms with E-state index in [1.165, 1.54) is 0 Å². The fraction of sp³-hybridized carbons (Fsp3) is 0.643. The van der Waals surface area contributed by atoms with Crippen molar-refractivity contribution >= 4 is 11.7 Å². The van der Waals surface area contributed by atoms with E-state index in [0.29, 0.717) is 31.8 Å². The molecule has 35 heavy (non-hydrogen) atoms. The van der Waals surface area contributed by atoms with Gasteiger partial charge in [0.2, 0.25) is 5.91 Å². The van der Waals surface area contributed by atoms with Crippen molar-refractivity contribution in [2.45, 2.75) is 103 Å². The van der Waals surface area contributed by atoms with Crippen LogP contribution in [0.3, 0.4) is 0 Å². The van der Waals surface area contributed by atoms with E-state index in [9.17, 15) is 14.7 Å². The normalized spacial score (nSPS) is 35.7. The summed E-state index contributed by atoms with van der Waals surface area (Å²) in [6.45, 7) is 12.1. The lowest BCUT2D eigenvalue weighted by Gasteiger charge is -2.36. The monoisotopic (exact) mass is 487 g/mol. The van der Waals surface area contributed by atoms with Crippen molar-refractivity contribution < 1.29 is 28.9 Å². The number of aliphatic hydroxyl groups excluding tert-OH is 1. The fourth-order valence-corrected chi connectivity index (χ4v) is 4.60. The van der Waals surface area contributed by atoms with Gasteiger partial charge in [0.15, 0.2) is 0 Å². The van der Waals surface area contributed by atoms with Crippen molar-refractivity contribution in [3.8, 4) is 0 Å². The van der Waals surface area contributed by atoms with E-state index in [1.807, 2.05) is 52.8 Å². The number of ketones is 1. The molecule has 194 valence electrons. The molecule has 7 atom stereocenters. The van der Waals surface area contributed by atoms with Gasteiger partial charge >= 0.3 is 0 Å². The van der Waals surface area contributed by atoms with Crippen LogP contribution in [-0.2, 0) is 23.8 Å². The average molecular weight is 488 g/mol. The van der Waals surface area contributed by atoms with Gasteiger partial charge in [-0.25, -0.2) is 0 Å². The fourth-order valence-electron chi connectivity index (χ4n) is 4.60. The van der Waals surface area contributed by atoms with Crippen molar-refractivity contribution in [2.24, 2.45) is 5.92 Å². The van der Waals surface area contributed by atoms with Crippen molar-refractivity contribution in [1.29, 1.82) is 0 Å². The van der Waals surface area contributed by atoms with E-state index >= 15 is 0 Å². The van der Waals surface area contributed by atoms with E-state index in [2.05, 4.69) is 17.5 Å². The summed E-state index contributed by atoms with van der Waals surface area (Å²) < 4.78 is 17.8. The number of aliphatic hydroxyl groups is 1. The quantitative estimate of drug-likeness (QED) is 0.223. The lowest BCUT2D eigenvalue weighted by atomic mass is 9.87. The van der Waals surface area contributed by atoms with E-state index < -0.39 is 17.8 Å². The van der Waals surface area contributed by atoms with Crippen LogP contribution in [0.1, 0.15) is 60.8 Å². The summed E-state index contributed by atoms with van der Waals surface area (Å²) in [5.74, 6) is 0.281. The van der Waals surface area contributed by atoms with E-state index in [1.54, 1.807) is 13.0 Å². The van der Waals surface area contributed by atoms with Gasteiger partial charge in [-0.15, -0.1) is 0 Å². The van der Waals surface area contributed by atoms with E-state index in [-0.39, 0.29) is 36.0 Å². The molecular weight excluding hydrogens is 446 g/mol. The van der Waals surface area contributed by atoms with Crippen molar-refractivity contribution in [3.63, 3.8) is 0 Å². The Morgan fingerprint density at radius 3 is 2.60 bits per heavy atom. The molecule has 0 aromatic heterocycles. The highest BCUT2D eigenvalue weighted by molar-refractivity contribution is 5.88. The highest BCUT2D eigenvalue weighted by atomic mass is 16.6. The van der Waals surface area contributed by atoms with Crippen LogP contribution in [0.5, 0.6) is 0 Å². The third-order valence-corrected chi connectivity index (χ3v) is 6.78. The zero-order valence-electron chi connectivity index (χ0n) is 21.8. The van der Waals surface area contributed by atoms with Gasteiger partial charge in [0, 0.05) is 12.8 Å². The molecule has 1 spiro atoms. The molecule has 0 radical (unpaired) electrons. The Hall–Kier alpha value is -2.06. The summed E-state index contributed by atoms with van der Waals surface area (Å²) in [4.78, 5) is 23.7. The Labute approximate surface area is 209 Å². The Morgan fingerprint density at radius 2 is 1.97 bits per heavy atom. The molecule has 0 aliphatic carbocycles. The van der Waals surface area contributed by atoms with Crippen molar-refractivity contribution in [3.05, 3.63) is 47.6 Å². The Balaban J connectivity index is 1.56. The molecule has 0 aromatic carbocycles. The first-order valence-electron chi connectivity index (χ1n) is 12.6. The molecule has 0 aromatic rings. The van der Waals surface area contributed by atoms with Crippen molar-refractivity contribution in [1.82, 2.24) is 5.32 Å². The standard InChI is InChI=1S/C28H41NO6/c1-17(2)7-12-26(31)29-23-13-19(4)24(34-21(23)6)10-8-18(3)9-11-25-27(32)28(16-33-28)15-22(35-25)14-20(5)30/h7-9,11-13,17,21-25,27,32H,10,14-16H2,1-6H3,(H,29,31)/b11-9+,12-7-,18-8+/t21-,22-,23-,24-,25-,27-,28-/m1/s1. The molecular formula is C28H41NO6. The Morgan fingerprint density at radius 1 is 1.26 bits per heavy atom. The zero-order chi connectivity index (χ0) is 25.8. The SMILES string of the molecule is CC(=O)C[C@@H]1C[C@@]2(CO2)[C@H](O)[C@@H](/C=C/C(C)=C/C[C@H]2O[C@H](C)[C@H](NC(=O)/C=C\C(C)C)C=C2C)O1. The Bertz CT molecular complexity index is 897. The number of hydrogen-bond donors (Lipinski definition) is 2. The summed E-state index contributed by atoms with van der Waals surface area (Å²) in [7, 11) is 0. The number of allylic oxidation sites excluding steroid dienone is 3. The molecule has 0 bridgehead atoms. The summed E-state index contributed by atoms with van der Waals surface area (Å²) >= 11 is 0. The minimum atomic E-state index is -0.745. The Kier molecular flexibility index (Phi) is 9.27. The highest BCUT2D eigenvalue weighted by Crippen LogP contribution is 2.43.